The first-order valence-corrected chi connectivity index (χ1v) is 11.0. The van der Waals surface area contributed by atoms with Crippen LogP contribution in [-0.2, 0) is 27.5 Å². The third kappa shape index (κ3) is 7.89. The first-order chi connectivity index (χ1) is 17.0. The molecule has 8 heteroatoms. The van der Waals surface area contributed by atoms with Crippen LogP contribution in [0.25, 0.3) is 6.08 Å². The molecule has 2 aromatic carbocycles. The largest absolute Gasteiger partial charge is 0.493 e. The maximum atomic E-state index is 12.3. The lowest BCUT2D eigenvalue weighted by Crippen LogP contribution is -2.35. The predicted molar refractivity (Wildman–Crippen MR) is 131 cm³/mol. The zero-order valence-electron chi connectivity index (χ0n) is 19.9. The van der Waals surface area contributed by atoms with E-state index in [1.165, 1.54) is 13.0 Å². The van der Waals surface area contributed by atoms with Gasteiger partial charge in [0.25, 0.3) is 5.91 Å². The molecule has 1 N–H and O–H groups in total. The maximum absolute atomic E-state index is 12.3. The molecule has 1 aromatic heterocycles. The lowest BCUT2D eigenvalue weighted by Gasteiger charge is -2.13. The van der Waals surface area contributed by atoms with E-state index in [1.54, 1.807) is 50.8 Å². The average molecular weight is 477 g/mol. The molecule has 1 atom stereocenters. The van der Waals surface area contributed by atoms with E-state index in [1.807, 2.05) is 36.4 Å². The van der Waals surface area contributed by atoms with Crippen LogP contribution in [0.15, 0.2) is 72.9 Å². The molecule has 0 fully saturated rings. The van der Waals surface area contributed by atoms with E-state index < -0.39 is 18.0 Å². The van der Waals surface area contributed by atoms with E-state index >= 15 is 0 Å². The summed E-state index contributed by atoms with van der Waals surface area (Å²) < 4.78 is 21.4. The van der Waals surface area contributed by atoms with E-state index in [4.69, 9.17) is 18.9 Å². The van der Waals surface area contributed by atoms with Crippen LogP contribution >= 0.6 is 0 Å². The molecule has 0 radical (unpaired) electrons. The van der Waals surface area contributed by atoms with Gasteiger partial charge in [-0.15, -0.1) is 0 Å². The number of ether oxygens (including phenoxy) is 4. The van der Waals surface area contributed by atoms with Crippen molar-refractivity contribution >= 4 is 18.0 Å². The number of pyridine rings is 1. The van der Waals surface area contributed by atoms with Crippen LogP contribution in [0.1, 0.15) is 23.7 Å². The highest BCUT2D eigenvalue weighted by molar-refractivity contribution is 5.90. The van der Waals surface area contributed by atoms with Gasteiger partial charge >= 0.3 is 5.97 Å². The Labute approximate surface area is 204 Å². The molecule has 0 aliphatic rings. The summed E-state index contributed by atoms with van der Waals surface area (Å²) in [5.74, 6) is 0.834. The molecule has 1 unspecified atom stereocenters. The molecule has 0 saturated carbocycles. The number of rotatable bonds is 11. The smallest absolute Gasteiger partial charge is 0.331 e. The lowest BCUT2D eigenvalue weighted by molar-refractivity contribution is -0.150. The van der Waals surface area contributed by atoms with Gasteiger partial charge in [-0.1, -0.05) is 24.3 Å². The Morgan fingerprint density at radius 1 is 1.00 bits per heavy atom. The van der Waals surface area contributed by atoms with Crippen molar-refractivity contribution in [3.05, 3.63) is 89.8 Å². The molecule has 1 amide bonds. The Kier molecular flexibility index (Phi) is 9.24. The van der Waals surface area contributed by atoms with Gasteiger partial charge in [-0.05, 0) is 60.5 Å². The van der Waals surface area contributed by atoms with E-state index in [0.717, 1.165) is 16.8 Å². The number of aromatic nitrogens is 1. The second-order valence-corrected chi connectivity index (χ2v) is 7.50. The van der Waals surface area contributed by atoms with Crippen molar-refractivity contribution in [1.82, 2.24) is 10.3 Å². The van der Waals surface area contributed by atoms with Crippen molar-refractivity contribution in [2.24, 2.45) is 0 Å². The topological polar surface area (TPSA) is 96.0 Å². The molecule has 35 heavy (non-hydrogen) atoms. The van der Waals surface area contributed by atoms with E-state index in [2.05, 4.69) is 10.3 Å². The lowest BCUT2D eigenvalue weighted by atomic mass is 10.2. The molecular weight excluding hydrogens is 448 g/mol. The Bertz CT molecular complexity index is 1150. The van der Waals surface area contributed by atoms with Gasteiger partial charge in [-0.2, -0.15) is 0 Å². The summed E-state index contributed by atoms with van der Waals surface area (Å²) in [6.45, 7) is 2.14. The molecule has 3 rings (SSSR count). The number of hydrogen-bond donors (Lipinski definition) is 1. The Hall–Kier alpha value is -4.33. The van der Waals surface area contributed by atoms with Crippen LogP contribution in [0, 0.1) is 0 Å². The number of carbonyl (C=O) groups is 2. The third-order valence-corrected chi connectivity index (χ3v) is 4.98. The SMILES string of the molecule is COc1ccc(CNC(=O)C(C)OC(=O)/C=C/c2ccc(OCc3ccccn3)cc2)cc1OC. The van der Waals surface area contributed by atoms with Gasteiger partial charge in [0.05, 0.1) is 19.9 Å². The molecule has 1 heterocycles. The average Bonchev–Trinajstić information content (AvgIpc) is 2.90. The van der Waals surface area contributed by atoms with Gasteiger partial charge in [0.1, 0.15) is 12.4 Å². The molecule has 0 aliphatic heterocycles. The second kappa shape index (κ2) is 12.8. The standard InChI is InChI=1S/C27H28N2O6/c1-19(27(31)29-17-21-9-13-24(32-2)25(16-21)33-3)35-26(30)14-10-20-7-11-23(12-8-20)34-18-22-6-4-5-15-28-22/h4-16,19H,17-18H2,1-3H3,(H,29,31)/b14-10+. The van der Waals surface area contributed by atoms with Gasteiger partial charge in [-0.25, -0.2) is 4.79 Å². The number of methoxy groups -OCH3 is 2. The van der Waals surface area contributed by atoms with Crippen molar-refractivity contribution < 1.29 is 28.5 Å². The fraction of sp³-hybridized carbons (Fsp3) is 0.222. The molecule has 0 aliphatic carbocycles. The van der Waals surface area contributed by atoms with Crippen LogP contribution in [0.3, 0.4) is 0 Å². The minimum atomic E-state index is -0.949. The normalized spacial score (nSPS) is 11.5. The van der Waals surface area contributed by atoms with Crippen molar-refractivity contribution in [1.29, 1.82) is 0 Å². The van der Waals surface area contributed by atoms with Crippen LogP contribution < -0.4 is 19.5 Å². The van der Waals surface area contributed by atoms with Gasteiger partial charge < -0.3 is 24.3 Å². The fourth-order valence-corrected chi connectivity index (χ4v) is 3.07. The summed E-state index contributed by atoms with van der Waals surface area (Å²) in [6.07, 6.45) is 3.66. The summed E-state index contributed by atoms with van der Waals surface area (Å²) in [5, 5.41) is 2.74. The maximum Gasteiger partial charge on any atom is 0.331 e. The molecule has 3 aromatic rings. The van der Waals surface area contributed by atoms with E-state index in [9.17, 15) is 9.59 Å². The van der Waals surface area contributed by atoms with Crippen LogP contribution in [-0.4, -0.2) is 37.2 Å². The van der Waals surface area contributed by atoms with Crippen molar-refractivity contribution in [2.45, 2.75) is 26.2 Å². The van der Waals surface area contributed by atoms with Crippen LogP contribution in [0.4, 0.5) is 0 Å². The first kappa shape index (κ1) is 25.3. The van der Waals surface area contributed by atoms with Crippen molar-refractivity contribution in [2.75, 3.05) is 14.2 Å². The third-order valence-electron chi connectivity index (χ3n) is 4.98. The van der Waals surface area contributed by atoms with E-state index in [-0.39, 0.29) is 6.54 Å². The number of esters is 1. The summed E-state index contributed by atoms with van der Waals surface area (Å²) >= 11 is 0. The summed E-state index contributed by atoms with van der Waals surface area (Å²) in [4.78, 5) is 28.7. The highest BCUT2D eigenvalue weighted by Gasteiger charge is 2.16. The van der Waals surface area contributed by atoms with Gasteiger partial charge in [0.15, 0.2) is 17.6 Å². The molecule has 0 bridgehead atoms. The number of carbonyl (C=O) groups excluding carboxylic acids is 2. The summed E-state index contributed by atoms with van der Waals surface area (Å²) in [7, 11) is 3.10. The van der Waals surface area contributed by atoms with Gasteiger partial charge in [-0.3, -0.25) is 9.78 Å². The Balaban J connectivity index is 1.44. The fourth-order valence-electron chi connectivity index (χ4n) is 3.07. The first-order valence-electron chi connectivity index (χ1n) is 11.0. The van der Waals surface area contributed by atoms with Crippen molar-refractivity contribution in [3.8, 4) is 17.2 Å². The van der Waals surface area contributed by atoms with Gasteiger partial charge in [0.2, 0.25) is 0 Å². The summed E-state index contributed by atoms with van der Waals surface area (Å²) in [5.41, 5.74) is 2.45. The Morgan fingerprint density at radius 3 is 2.46 bits per heavy atom. The Morgan fingerprint density at radius 2 is 1.77 bits per heavy atom. The number of benzene rings is 2. The quantitative estimate of drug-likeness (QED) is 0.331. The second-order valence-electron chi connectivity index (χ2n) is 7.50. The van der Waals surface area contributed by atoms with Crippen molar-refractivity contribution in [3.63, 3.8) is 0 Å². The molecular formula is C27H28N2O6. The molecule has 0 saturated heterocycles. The minimum Gasteiger partial charge on any atom is -0.493 e. The molecule has 8 nitrogen and oxygen atoms in total. The minimum absolute atomic E-state index is 0.256. The zero-order chi connectivity index (χ0) is 25.0. The van der Waals surface area contributed by atoms with Crippen LogP contribution in [0.2, 0.25) is 0 Å². The number of amides is 1. The molecule has 0 spiro atoms. The summed E-state index contributed by atoms with van der Waals surface area (Å²) in [6, 6.07) is 18.2. The highest BCUT2D eigenvalue weighted by atomic mass is 16.5. The number of nitrogens with one attached hydrogen (secondary N) is 1. The monoisotopic (exact) mass is 476 g/mol. The predicted octanol–water partition coefficient (Wildman–Crippen LogP) is 3.94. The number of hydrogen-bond acceptors (Lipinski definition) is 7. The van der Waals surface area contributed by atoms with Gasteiger partial charge in [0, 0.05) is 18.8 Å². The highest BCUT2D eigenvalue weighted by Crippen LogP contribution is 2.27. The number of nitrogens with zero attached hydrogens (tertiary/aromatic N) is 1. The van der Waals surface area contributed by atoms with E-state index in [0.29, 0.717) is 23.9 Å². The molecule has 182 valence electrons. The van der Waals surface area contributed by atoms with Crippen LogP contribution in [0.5, 0.6) is 17.2 Å². The zero-order valence-corrected chi connectivity index (χ0v) is 19.9.